The van der Waals surface area contributed by atoms with Crippen LogP contribution in [0.25, 0.3) is 0 Å². The Hall–Kier alpha value is -1.95. The van der Waals surface area contributed by atoms with Gasteiger partial charge in [-0.1, -0.05) is 12.1 Å². The van der Waals surface area contributed by atoms with E-state index in [4.69, 9.17) is 5.11 Å². The Balaban J connectivity index is 2.96. The van der Waals surface area contributed by atoms with E-state index in [0.29, 0.717) is 6.54 Å². The van der Waals surface area contributed by atoms with Crippen molar-refractivity contribution in [2.24, 2.45) is 0 Å². The first-order valence-electron chi connectivity index (χ1n) is 6.86. The first-order chi connectivity index (χ1) is 9.62. The second-order valence-electron chi connectivity index (χ2n) is 6.03. The third-order valence-corrected chi connectivity index (χ3v) is 3.48. The molecular formula is C15H22N2O4. The molecule has 0 radical (unpaired) electrons. The molecule has 1 atom stereocenters. The molecule has 1 aromatic rings. The zero-order valence-corrected chi connectivity index (χ0v) is 12.9. The lowest BCUT2D eigenvalue weighted by atomic mass is 9.98. The highest BCUT2D eigenvalue weighted by molar-refractivity contribution is 5.66. The Bertz CT molecular complexity index is 505. The molecule has 6 heteroatoms. The highest BCUT2D eigenvalue weighted by atomic mass is 16.6. The average Bonchev–Trinajstić information content (AvgIpc) is 2.36. The number of nitro benzene ring substituents is 1. The van der Waals surface area contributed by atoms with Crippen LogP contribution in [0.15, 0.2) is 24.3 Å². The van der Waals surface area contributed by atoms with Gasteiger partial charge in [-0.15, -0.1) is 0 Å². The van der Waals surface area contributed by atoms with Crippen molar-refractivity contribution < 1.29 is 14.8 Å². The van der Waals surface area contributed by atoms with Gasteiger partial charge in [-0.3, -0.25) is 19.8 Å². The lowest BCUT2D eigenvalue weighted by Crippen LogP contribution is -2.44. The third-order valence-electron chi connectivity index (χ3n) is 3.48. The predicted molar refractivity (Wildman–Crippen MR) is 80.2 cm³/mol. The Morgan fingerprint density at radius 1 is 1.33 bits per heavy atom. The number of carboxylic acids is 1. The fourth-order valence-electron chi connectivity index (χ4n) is 2.38. The number of carboxylic acid groups (broad SMARTS) is 1. The molecule has 0 saturated carbocycles. The molecule has 6 nitrogen and oxygen atoms in total. The van der Waals surface area contributed by atoms with Crippen molar-refractivity contribution in [2.45, 2.75) is 45.7 Å². The molecule has 1 N–H and O–H groups in total. The van der Waals surface area contributed by atoms with Gasteiger partial charge in [0.25, 0.3) is 5.69 Å². The molecule has 0 aliphatic carbocycles. The standard InChI is InChI=1S/C15H22N2O4/c1-11(12-5-7-13(8-6-12)17(20)21)16(15(2,3)4)10-9-14(18)19/h5-8,11H,9-10H2,1-4H3,(H,18,19). The second kappa shape index (κ2) is 6.67. The van der Waals surface area contributed by atoms with E-state index < -0.39 is 10.9 Å². The minimum Gasteiger partial charge on any atom is -0.481 e. The van der Waals surface area contributed by atoms with Crippen LogP contribution in [0.5, 0.6) is 0 Å². The van der Waals surface area contributed by atoms with Gasteiger partial charge in [0.1, 0.15) is 0 Å². The van der Waals surface area contributed by atoms with Crippen molar-refractivity contribution >= 4 is 11.7 Å². The molecular weight excluding hydrogens is 272 g/mol. The average molecular weight is 294 g/mol. The quantitative estimate of drug-likeness (QED) is 0.643. The van der Waals surface area contributed by atoms with Crippen LogP contribution in [0, 0.1) is 10.1 Å². The molecule has 0 heterocycles. The number of non-ortho nitro benzene ring substituents is 1. The van der Waals surface area contributed by atoms with Crippen LogP contribution in [0.3, 0.4) is 0 Å². The van der Waals surface area contributed by atoms with Crippen LogP contribution >= 0.6 is 0 Å². The van der Waals surface area contributed by atoms with E-state index >= 15 is 0 Å². The lowest BCUT2D eigenvalue weighted by Gasteiger charge is -2.40. The van der Waals surface area contributed by atoms with Crippen molar-refractivity contribution in [1.82, 2.24) is 4.90 Å². The summed E-state index contributed by atoms with van der Waals surface area (Å²) in [4.78, 5) is 23.1. The molecule has 1 rings (SSSR count). The van der Waals surface area contributed by atoms with Gasteiger partial charge < -0.3 is 5.11 Å². The van der Waals surface area contributed by atoms with Crippen LogP contribution in [-0.4, -0.2) is 33.0 Å². The van der Waals surface area contributed by atoms with Gasteiger partial charge in [0.05, 0.1) is 11.3 Å². The summed E-state index contributed by atoms with van der Waals surface area (Å²) < 4.78 is 0. The summed E-state index contributed by atoms with van der Waals surface area (Å²) in [6.45, 7) is 8.48. The van der Waals surface area contributed by atoms with E-state index in [2.05, 4.69) is 4.90 Å². The van der Waals surface area contributed by atoms with Crippen LogP contribution in [0.4, 0.5) is 5.69 Å². The zero-order chi connectivity index (χ0) is 16.2. The van der Waals surface area contributed by atoms with Gasteiger partial charge in [-0.25, -0.2) is 0 Å². The third kappa shape index (κ3) is 4.82. The van der Waals surface area contributed by atoms with E-state index in [1.165, 1.54) is 12.1 Å². The Morgan fingerprint density at radius 3 is 2.24 bits per heavy atom. The predicted octanol–water partition coefficient (Wildman–Crippen LogP) is 3.23. The SMILES string of the molecule is CC(c1ccc([N+](=O)[O-])cc1)N(CCC(=O)O)C(C)(C)C. The summed E-state index contributed by atoms with van der Waals surface area (Å²) >= 11 is 0. The molecule has 116 valence electrons. The second-order valence-corrected chi connectivity index (χ2v) is 6.03. The van der Waals surface area contributed by atoms with E-state index in [9.17, 15) is 14.9 Å². The summed E-state index contributed by atoms with van der Waals surface area (Å²) in [6.07, 6.45) is 0.0641. The maximum atomic E-state index is 10.8. The number of nitro groups is 1. The molecule has 0 amide bonds. The molecule has 0 aliphatic heterocycles. The van der Waals surface area contributed by atoms with Crippen molar-refractivity contribution in [3.05, 3.63) is 39.9 Å². The van der Waals surface area contributed by atoms with Gasteiger partial charge in [0.15, 0.2) is 0 Å². The smallest absolute Gasteiger partial charge is 0.304 e. The highest BCUT2D eigenvalue weighted by Gasteiger charge is 2.27. The monoisotopic (exact) mass is 294 g/mol. The fourth-order valence-corrected chi connectivity index (χ4v) is 2.38. The van der Waals surface area contributed by atoms with Crippen LogP contribution in [0.1, 0.15) is 45.7 Å². The number of hydrogen-bond acceptors (Lipinski definition) is 4. The van der Waals surface area contributed by atoms with E-state index in [1.807, 2.05) is 27.7 Å². The van der Waals surface area contributed by atoms with Gasteiger partial charge in [0.2, 0.25) is 0 Å². The number of rotatable bonds is 6. The summed E-state index contributed by atoms with van der Waals surface area (Å²) in [6, 6.07) is 6.38. The number of benzene rings is 1. The van der Waals surface area contributed by atoms with Crippen LogP contribution in [0.2, 0.25) is 0 Å². The number of hydrogen-bond donors (Lipinski definition) is 1. The fraction of sp³-hybridized carbons (Fsp3) is 0.533. The summed E-state index contributed by atoms with van der Waals surface area (Å²) in [5, 5.41) is 19.6. The summed E-state index contributed by atoms with van der Waals surface area (Å²) in [5.74, 6) is -0.833. The summed E-state index contributed by atoms with van der Waals surface area (Å²) in [5.41, 5.74) is 0.788. The van der Waals surface area contributed by atoms with Crippen molar-refractivity contribution in [1.29, 1.82) is 0 Å². The van der Waals surface area contributed by atoms with Crippen LogP contribution < -0.4 is 0 Å². The van der Waals surface area contributed by atoms with Crippen molar-refractivity contribution in [2.75, 3.05) is 6.54 Å². The molecule has 0 aromatic heterocycles. The van der Waals surface area contributed by atoms with Gasteiger partial charge in [0, 0.05) is 30.3 Å². The maximum Gasteiger partial charge on any atom is 0.304 e. The Morgan fingerprint density at radius 2 is 1.86 bits per heavy atom. The molecule has 0 fully saturated rings. The highest BCUT2D eigenvalue weighted by Crippen LogP contribution is 2.29. The molecule has 1 aromatic carbocycles. The molecule has 0 aliphatic rings. The van der Waals surface area contributed by atoms with E-state index in [0.717, 1.165) is 5.56 Å². The Kier molecular flexibility index (Phi) is 5.43. The van der Waals surface area contributed by atoms with E-state index in [-0.39, 0.29) is 23.7 Å². The lowest BCUT2D eigenvalue weighted by molar-refractivity contribution is -0.384. The summed E-state index contributed by atoms with van der Waals surface area (Å²) in [7, 11) is 0. The van der Waals surface area contributed by atoms with Gasteiger partial charge in [-0.2, -0.15) is 0 Å². The van der Waals surface area contributed by atoms with Crippen molar-refractivity contribution in [3.8, 4) is 0 Å². The zero-order valence-electron chi connectivity index (χ0n) is 12.9. The van der Waals surface area contributed by atoms with Gasteiger partial charge >= 0.3 is 5.97 Å². The minimum atomic E-state index is -0.833. The first kappa shape index (κ1) is 17.1. The van der Waals surface area contributed by atoms with Crippen molar-refractivity contribution in [3.63, 3.8) is 0 Å². The molecule has 0 bridgehead atoms. The van der Waals surface area contributed by atoms with Gasteiger partial charge in [-0.05, 0) is 33.3 Å². The Labute approximate surface area is 124 Å². The topological polar surface area (TPSA) is 83.7 Å². The molecule has 1 unspecified atom stereocenters. The number of aliphatic carboxylic acids is 1. The van der Waals surface area contributed by atoms with E-state index in [1.54, 1.807) is 12.1 Å². The first-order valence-corrected chi connectivity index (χ1v) is 6.86. The maximum absolute atomic E-state index is 10.8. The molecule has 0 saturated heterocycles. The number of nitrogens with zero attached hydrogens (tertiary/aromatic N) is 2. The number of carbonyl (C=O) groups is 1. The largest absolute Gasteiger partial charge is 0.481 e. The molecule has 0 spiro atoms. The normalized spacial score (nSPS) is 13.2. The van der Waals surface area contributed by atoms with Crippen LogP contribution in [-0.2, 0) is 4.79 Å². The molecule has 21 heavy (non-hydrogen) atoms. The minimum absolute atomic E-state index is 0.0230.